The largest absolute Gasteiger partial charge is 0.507 e. The van der Waals surface area contributed by atoms with Crippen molar-refractivity contribution in [2.24, 2.45) is 11.0 Å². The number of anilines is 1. The fraction of sp³-hybridized carbons (Fsp3) is 0.167. The lowest BCUT2D eigenvalue weighted by atomic mass is 10.1. The Morgan fingerprint density at radius 3 is 2.38 bits per heavy atom. The molecule has 0 fully saturated rings. The zero-order chi connectivity index (χ0) is 17.5. The summed E-state index contributed by atoms with van der Waals surface area (Å²) in [5.41, 5.74) is 3.93. The molecule has 2 aromatic carbocycles. The van der Waals surface area contributed by atoms with E-state index >= 15 is 0 Å². The van der Waals surface area contributed by atoms with Gasteiger partial charge < -0.3 is 10.4 Å². The van der Waals surface area contributed by atoms with E-state index in [0.29, 0.717) is 16.8 Å². The maximum atomic E-state index is 12.0. The molecule has 2 amide bonds. The molecule has 124 valence electrons. The molecular formula is C18H19N3O3. The predicted octanol–water partition coefficient (Wildman–Crippen LogP) is 2.75. The van der Waals surface area contributed by atoms with Crippen LogP contribution in [0.4, 0.5) is 5.69 Å². The van der Waals surface area contributed by atoms with Crippen molar-refractivity contribution in [2.45, 2.75) is 13.8 Å². The highest BCUT2D eigenvalue weighted by atomic mass is 16.3. The molecule has 0 heterocycles. The fourth-order valence-corrected chi connectivity index (χ4v) is 1.81. The first-order valence-electron chi connectivity index (χ1n) is 7.49. The minimum absolute atomic E-state index is 0.0838. The van der Waals surface area contributed by atoms with Crippen LogP contribution in [-0.4, -0.2) is 23.1 Å². The smallest absolute Gasteiger partial charge is 0.271 e. The van der Waals surface area contributed by atoms with Gasteiger partial charge in [-0.25, -0.2) is 5.43 Å². The summed E-state index contributed by atoms with van der Waals surface area (Å²) in [6, 6.07) is 13.2. The zero-order valence-electron chi connectivity index (χ0n) is 13.5. The molecule has 0 unspecified atom stereocenters. The van der Waals surface area contributed by atoms with Gasteiger partial charge >= 0.3 is 0 Å². The summed E-state index contributed by atoms with van der Waals surface area (Å²) in [5, 5.41) is 16.2. The van der Waals surface area contributed by atoms with Crippen molar-refractivity contribution in [1.29, 1.82) is 0 Å². The van der Waals surface area contributed by atoms with Crippen molar-refractivity contribution >= 4 is 23.7 Å². The highest BCUT2D eigenvalue weighted by molar-refractivity contribution is 5.96. The Kier molecular flexibility index (Phi) is 5.68. The highest BCUT2D eigenvalue weighted by Crippen LogP contribution is 2.13. The molecule has 0 aliphatic carbocycles. The number of amides is 2. The van der Waals surface area contributed by atoms with Gasteiger partial charge in [0.05, 0.1) is 6.21 Å². The minimum Gasteiger partial charge on any atom is -0.507 e. The Morgan fingerprint density at radius 2 is 1.75 bits per heavy atom. The third-order valence-electron chi connectivity index (χ3n) is 3.25. The van der Waals surface area contributed by atoms with Crippen molar-refractivity contribution in [3.8, 4) is 5.75 Å². The van der Waals surface area contributed by atoms with Gasteiger partial charge in [0, 0.05) is 22.7 Å². The molecule has 0 aliphatic rings. The number of carbonyl (C=O) groups is 2. The third-order valence-corrected chi connectivity index (χ3v) is 3.25. The van der Waals surface area contributed by atoms with Gasteiger partial charge in [0.15, 0.2) is 0 Å². The summed E-state index contributed by atoms with van der Waals surface area (Å²) in [7, 11) is 0. The number of nitrogens with zero attached hydrogens (tertiary/aromatic N) is 1. The summed E-state index contributed by atoms with van der Waals surface area (Å²) in [6.07, 6.45) is 1.37. The van der Waals surface area contributed by atoms with E-state index in [-0.39, 0.29) is 23.5 Å². The van der Waals surface area contributed by atoms with Crippen LogP contribution < -0.4 is 10.7 Å². The molecule has 2 rings (SSSR count). The van der Waals surface area contributed by atoms with E-state index in [1.165, 1.54) is 12.3 Å². The lowest BCUT2D eigenvalue weighted by molar-refractivity contribution is -0.118. The summed E-state index contributed by atoms with van der Waals surface area (Å²) in [4.78, 5) is 23.6. The molecule has 0 bridgehead atoms. The predicted molar refractivity (Wildman–Crippen MR) is 93.1 cm³/mol. The van der Waals surface area contributed by atoms with Crippen molar-refractivity contribution in [2.75, 3.05) is 5.32 Å². The molecule has 0 aliphatic heterocycles. The topological polar surface area (TPSA) is 90.8 Å². The SMILES string of the molecule is CC(C)C(=O)Nc1ccc(C(=O)N/N=C/c2ccccc2O)cc1. The second-order valence-corrected chi connectivity index (χ2v) is 5.48. The van der Waals surface area contributed by atoms with E-state index in [2.05, 4.69) is 15.8 Å². The van der Waals surface area contributed by atoms with Crippen molar-refractivity contribution < 1.29 is 14.7 Å². The molecule has 0 saturated heterocycles. The van der Waals surface area contributed by atoms with E-state index in [1.807, 2.05) is 0 Å². The van der Waals surface area contributed by atoms with Gasteiger partial charge in [0.1, 0.15) is 5.75 Å². The van der Waals surface area contributed by atoms with Gasteiger partial charge in [-0.2, -0.15) is 5.10 Å². The van der Waals surface area contributed by atoms with E-state index in [9.17, 15) is 14.7 Å². The number of rotatable bonds is 5. The average Bonchev–Trinajstić information content (AvgIpc) is 2.57. The first-order valence-corrected chi connectivity index (χ1v) is 7.49. The quantitative estimate of drug-likeness (QED) is 0.583. The van der Waals surface area contributed by atoms with Crippen LogP contribution in [0.15, 0.2) is 53.6 Å². The van der Waals surface area contributed by atoms with Gasteiger partial charge in [0.25, 0.3) is 5.91 Å². The van der Waals surface area contributed by atoms with Gasteiger partial charge in [-0.3, -0.25) is 9.59 Å². The summed E-state index contributed by atoms with van der Waals surface area (Å²) < 4.78 is 0. The Bertz CT molecular complexity index is 752. The number of hydrazone groups is 1. The number of hydrogen-bond donors (Lipinski definition) is 3. The fourth-order valence-electron chi connectivity index (χ4n) is 1.81. The van der Waals surface area contributed by atoms with Crippen LogP contribution >= 0.6 is 0 Å². The molecule has 6 nitrogen and oxygen atoms in total. The van der Waals surface area contributed by atoms with E-state index < -0.39 is 0 Å². The second-order valence-electron chi connectivity index (χ2n) is 5.48. The number of benzene rings is 2. The number of phenols is 1. The van der Waals surface area contributed by atoms with Gasteiger partial charge in [-0.05, 0) is 36.4 Å². The van der Waals surface area contributed by atoms with E-state index in [4.69, 9.17) is 0 Å². The number of para-hydroxylation sites is 1. The van der Waals surface area contributed by atoms with Gasteiger partial charge in [-0.15, -0.1) is 0 Å². The monoisotopic (exact) mass is 325 g/mol. The van der Waals surface area contributed by atoms with Crippen LogP contribution in [0.5, 0.6) is 5.75 Å². The Balaban J connectivity index is 1.95. The van der Waals surface area contributed by atoms with Crippen molar-refractivity contribution in [3.05, 3.63) is 59.7 Å². The number of hydrogen-bond acceptors (Lipinski definition) is 4. The van der Waals surface area contributed by atoms with Gasteiger partial charge in [0.2, 0.25) is 5.91 Å². The number of nitrogens with one attached hydrogen (secondary N) is 2. The van der Waals surface area contributed by atoms with Crippen molar-refractivity contribution in [1.82, 2.24) is 5.43 Å². The van der Waals surface area contributed by atoms with Crippen LogP contribution in [0.1, 0.15) is 29.8 Å². The lowest BCUT2D eigenvalue weighted by Gasteiger charge is -2.08. The molecule has 0 atom stereocenters. The molecule has 2 aromatic rings. The molecule has 0 aromatic heterocycles. The molecular weight excluding hydrogens is 306 g/mol. The molecule has 6 heteroatoms. The molecule has 0 saturated carbocycles. The third kappa shape index (κ3) is 4.67. The van der Waals surface area contributed by atoms with Crippen LogP contribution in [0.3, 0.4) is 0 Å². The summed E-state index contributed by atoms with van der Waals surface area (Å²) >= 11 is 0. The maximum absolute atomic E-state index is 12.0. The number of aromatic hydroxyl groups is 1. The standard InChI is InChI=1S/C18H19N3O3/c1-12(2)17(23)20-15-9-7-13(8-10-15)18(24)21-19-11-14-5-3-4-6-16(14)22/h3-12,22H,1-2H3,(H,20,23)(H,21,24)/b19-11+. The van der Waals surface area contributed by atoms with E-state index in [0.717, 1.165) is 0 Å². The normalized spacial score (nSPS) is 10.8. The molecule has 24 heavy (non-hydrogen) atoms. The molecule has 3 N–H and O–H groups in total. The first kappa shape index (κ1) is 17.2. The summed E-state index contributed by atoms with van der Waals surface area (Å²) in [5.74, 6) is -0.500. The van der Waals surface area contributed by atoms with Crippen molar-refractivity contribution in [3.63, 3.8) is 0 Å². The zero-order valence-corrected chi connectivity index (χ0v) is 13.5. The Labute approximate surface area is 140 Å². The maximum Gasteiger partial charge on any atom is 0.271 e. The van der Waals surface area contributed by atoms with Gasteiger partial charge in [-0.1, -0.05) is 26.0 Å². The lowest BCUT2D eigenvalue weighted by Crippen LogP contribution is -2.19. The second kappa shape index (κ2) is 7.92. The minimum atomic E-state index is -0.386. The van der Waals surface area contributed by atoms with Crippen LogP contribution in [0.2, 0.25) is 0 Å². The summed E-state index contributed by atoms with van der Waals surface area (Å²) in [6.45, 7) is 3.61. The Morgan fingerprint density at radius 1 is 1.08 bits per heavy atom. The number of carbonyl (C=O) groups excluding carboxylic acids is 2. The molecule has 0 spiro atoms. The number of phenolic OH excluding ortho intramolecular Hbond substituents is 1. The van der Waals surface area contributed by atoms with Crippen LogP contribution in [0.25, 0.3) is 0 Å². The Hall–Kier alpha value is -3.15. The van der Waals surface area contributed by atoms with E-state index in [1.54, 1.807) is 56.3 Å². The van der Waals surface area contributed by atoms with Crippen LogP contribution in [-0.2, 0) is 4.79 Å². The van der Waals surface area contributed by atoms with Crippen LogP contribution in [0, 0.1) is 5.92 Å². The highest BCUT2D eigenvalue weighted by Gasteiger charge is 2.08. The first-order chi connectivity index (χ1) is 11.5. The average molecular weight is 325 g/mol. The molecule has 0 radical (unpaired) electrons.